The number of hydrogen-bond acceptors (Lipinski definition) is 8. The Labute approximate surface area is 179 Å². The number of benzene rings is 2. The van der Waals surface area contributed by atoms with Crippen molar-refractivity contribution in [3.8, 4) is 46.1 Å². The molecule has 2 heterocycles. The Kier molecular flexibility index (Phi) is 5.63. The molecule has 0 fully saturated rings. The van der Waals surface area contributed by atoms with Gasteiger partial charge in [0, 0.05) is 18.0 Å². The Morgan fingerprint density at radius 2 is 1.69 bits per heavy atom. The summed E-state index contributed by atoms with van der Waals surface area (Å²) in [4.78, 5) is 12.5. The van der Waals surface area contributed by atoms with Crippen molar-refractivity contribution >= 4 is 0 Å². The highest BCUT2D eigenvalue weighted by Crippen LogP contribution is 2.35. The zero-order valence-electron chi connectivity index (χ0n) is 16.8. The van der Waals surface area contributed by atoms with E-state index in [1.54, 1.807) is 18.2 Å². The van der Waals surface area contributed by atoms with Crippen molar-refractivity contribution in [2.75, 3.05) is 14.2 Å². The largest absolute Gasteiger partial charge is 0.493 e. The van der Waals surface area contributed by atoms with E-state index in [0.29, 0.717) is 17.1 Å². The summed E-state index contributed by atoms with van der Waals surface area (Å²) < 4.78 is 60.3. The van der Waals surface area contributed by atoms with E-state index in [2.05, 4.69) is 20.1 Å². The van der Waals surface area contributed by atoms with Gasteiger partial charge in [0.2, 0.25) is 11.7 Å². The maximum Gasteiger partial charge on any atom is 0.416 e. The lowest BCUT2D eigenvalue weighted by molar-refractivity contribution is -0.137. The molecule has 0 saturated carbocycles. The van der Waals surface area contributed by atoms with Gasteiger partial charge in [-0.25, -0.2) is 9.97 Å². The Morgan fingerprint density at radius 1 is 0.906 bits per heavy atom. The molecule has 0 atom stereocenters. The van der Waals surface area contributed by atoms with Crippen LogP contribution in [-0.4, -0.2) is 34.3 Å². The van der Waals surface area contributed by atoms with E-state index in [0.717, 1.165) is 12.1 Å². The van der Waals surface area contributed by atoms with Crippen LogP contribution in [0.3, 0.4) is 0 Å². The van der Waals surface area contributed by atoms with Gasteiger partial charge in [-0.15, -0.1) is 0 Å². The van der Waals surface area contributed by atoms with E-state index in [-0.39, 0.29) is 29.0 Å². The summed E-state index contributed by atoms with van der Waals surface area (Å²) in [5.41, 5.74) is -0.193. The number of halogens is 3. The summed E-state index contributed by atoms with van der Waals surface area (Å²) in [5.74, 6) is 1.07. The van der Waals surface area contributed by atoms with Gasteiger partial charge in [-0.1, -0.05) is 11.2 Å². The Bertz CT molecular complexity index is 1240. The zero-order chi connectivity index (χ0) is 22.7. The second-order valence-electron chi connectivity index (χ2n) is 6.33. The lowest BCUT2D eigenvalue weighted by atomic mass is 10.2. The second kappa shape index (κ2) is 8.53. The maximum atomic E-state index is 13.0. The molecule has 0 amide bonds. The van der Waals surface area contributed by atoms with E-state index in [1.165, 1.54) is 38.7 Å². The minimum absolute atomic E-state index is 0.0462. The Morgan fingerprint density at radius 3 is 2.44 bits per heavy atom. The van der Waals surface area contributed by atoms with Gasteiger partial charge < -0.3 is 18.7 Å². The summed E-state index contributed by atoms with van der Waals surface area (Å²) in [5, 5.41) is 3.90. The van der Waals surface area contributed by atoms with Crippen molar-refractivity contribution in [2.24, 2.45) is 0 Å². The molecule has 0 spiro atoms. The summed E-state index contributed by atoms with van der Waals surface area (Å²) in [7, 11) is 3.01. The molecule has 11 heteroatoms. The number of methoxy groups -OCH3 is 2. The minimum atomic E-state index is -4.51. The van der Waals surface area contributed by atoms with Gasteiger partial charge in [0.1, 0.15) is 5.75 Å². The molecule has 0 aliphatic rings. The van der Waals surface area contributed by atoms with Crippen LogP contribution in [0.1, 0.15) is 5.56 Å². The molecule has 0 N–H and O–H groups in total. The number of ether oxygens (including phenoxy) is 3. The van der Waals surface area contributed by atoms with Crippen LogP contribution >= 0.6 is 0 Å². The van der Waals surface area contributed by atoms with Gasteiger partial charge in [0.25, 0.3) is 5.89 Å². The molecular weight excluding hydrogens is 429 g/mol. The molecule has 0 aliphatic carbocycles. The Hall–Kier alpha value is -4.15. The molecule has 164 valence electrons. The summed E-state index contributed by atoms with van der Waals surface area (Å²) in [6.45, 7) is 0. The molecule has 0 saturated heterocycles. The highest BCUT2D eigenvalue weighted by molar-refractivity contribution is 5.63. The number of nitrogens with zero attached hydrogens (tertiary/aromatic N) is 4. The second-order valence-corrected chi connectivity index (χ2v) is 6.33. The number of aromatic nitrogens is 4. The van der Waals surface area contributed by atoms with Crippen LogP contribution in [0.15, 0.2) is 59.4 Å². The molecule has 2 aromatic heterocycles. The van der Waals surface area contributed by atoms with Crippen LogP contribution in [0.2, 0.25) is 0 Å². The van der Waals surface area contributed by atoms with E-state index in [9.17, 15) is 13.2 Å². The molecule has 8 nitrogen and oxygen atoms in total. The van der Waals surface area contributed by atoms with Crippen LogP contribution < -0.4 is 14.2 Å². The smallest absolute Gasteiger partial charge is 0.416 e. The quantitative estimate of drug-likeness (QED) is 0.409. The number of hydrogen-bond donors (Lipinski definition) is 0. The van der Waals surface area contributed by atoms with Crippen molar-refractivity contribution in [2.45, 2.75) is 6.18 Å². The zero-order valence-corrected chi connectivity index (χ0v) is 16.8. The van der Waals surface area contributed by atoms with Gasteiger partial charge in [0.15, 0.2) is 17.2 Å². The normalized spacial score (nSPS) is 11.3. The fraction of sp³-hybridized carbons (Fsp3) is 0.143. The molecule has 2 aromatic carbocycles. The van der Waals surface area contributed by atoms with Gasteiger partial charge >= 0.3 is 6.18 Å². The van der Waals surface area contributed by atoms with Gasteiger partial charge in [0.05, 0.1) is 19.8 Å². The summed E-state index contributed by atoms with van der Waals surface area (Å²) >= 11 is 0. The third-order valence-corrected chi connectivity index (χ3v) is 4.31. The predicted octanol–water partition coefficient (Wildman–Crippen LogP) is 5.02. The number of alkyl halides is 3. The molecule has 0 radical (unpaired) electrons. The van der Waals surface area contributed by atoms with E-state index >= 15 is 0 Å². The van der Waals surface area contributed by atoms with Crippen molar-refractivity contribution in [3.63, 3.8) is 0 Å². The molecular formula is C21H15F3N4O4. The summed E-state index contributed by atoms with van der Waals surface area (Å²) in [6, 6.07) is 9.46. The first-order valence-electron chi connectivity index (χ1n) is 9.11. The maximum absolute atomic E-state index is 13.0. The van der Waals surface area contributed by atoms with Gasteiger partial charge in [-0.3, -0.25) is 0 Å². The van der Waals surface area contributed by atoms with E-state index in [1.807, 2.05) is 0 Å². The third kappa shape index (κ3) is 4.31. The van der Waals surface area contributed by atoms with E-state index in [4.69, 9.17) is 18.7 Å². The minimum Gasteiger partial charge on any atom is -0.493 e. The van der Waals surface area contributed by atoms with Crippen molar-refractivity contribution in [1.29, 1.82) is 0 Å². The third-order valence-electron chi connectivity index (χ3n) is 4.31. The average molecular weight is 444 g/mol. The molecule has 0 unspecified atom stereocenters. The van der Waals surface area contributed by atoms with Crippen LogP contribution in [0.25, 0.3) is 23.0 Å². The Balaban J connectivity index is 1.65. The van der Waals surface area contributed by atoms with Gasteiger partial charge in [-0.05, 0) is 36.4 Å². The molecule has 0 bridgehead atoms. The molecule has 4 rings (SSSR count). The van der Waals surface area contributed by atoms with Crippen molar-refractivity contribution < 1.29 is 31.9 Å². The van der Waals surface area contributed by atoms with E-state index < -0.39 is 11.7 Å². The highest BCUT2D eigenvalue weighted by Gasteiger charge is 2.31. The van der Waals surface area contributed by atoms with Crippen molar-refractivity contribution in [1.82, 2.24) is 20.1 Å². The molecule has 4 aromatic rings. The van der Waals surface area contributed by atoms with Crippen LogP contribution in [0, 0.1) is 0 Å². The van der Waals surface area contributed by atoms with Crippen LogP contribution in [-0.2, 0) is 6.18 Å². The fourth-order valence-electron chi connectivity index (χ4n) is 2.81. The first-order valence-corrected chi connectivity index (χ1v) is 9.11. The summed E-state index contributed by atoms with van der Waals surface area (Å²) in [6.07, 6.45) is -1.80. The average Bonchev–Trinajstić information content (AvgIpc) is 3.28. The predicted molar refractivity (Wildman–Crippen MR) is 105 cm³/mol. The fourth-order valence-corrected chi connectivity index (χ4v) is 2.81. The van der Waals surface area contributed by atoms with Crippen molar-refractivity contribution in [3.05, 3.63) is 60.4 Å². The standard InChI is InChI=1S/C21H15F3N4O4/c1-29-15-7-6-12(10-16(15)30-2)19-27-18(28-32-19)17-20(26-9-8-25-17)31-14-5-3-4-13(11-14)21(22,23)24/h3-11H,1-2H3. The number of rotatable bonds is 6. The highest BCUT2D eigenvalue weighted by atomic mass is 19.4. The molecule has 0 aliphatic heterocycles. The lowest BCUT2D eigenvalue weighted by Crippen LogP contribution is -2.04. The van der Waals surface area contributed by atoms with Crippen LogP contribution in [0.4, 0.5) is 13.2 Å². The topological polar surface area (TPSA) is 92.4 Å². The first-order chi connectivity index (χ1) is 15.4. The first kappa shape index (κ1) is 21.1. The van der Waals surface area contributed by atoms with Crippen LogP contribution in [0.5, 0.6) is 23.1 Å². The molecule has 32 heavy (non-hydrogen) atoms. The SMILES string of the molecule is COc1ccc(-c2nc(-c3nccnc3Oc3cccc(C(F)(F)F)c3)no2)cc1OC. The monoisotopic (exact) mass is 444 g/mol. The lowest BCUT2D eigenvalue weighted by Gasteiger charge is -2.10. The van der Waals surface area contributed by atoms with Gasteiger partial charge in [-0.2, -0.15) is 18.2 Å².